The Bertz CT molecular complexity index is 499. The Labute approximate surface area is 126 Å². The van der Waals surface area contributed by atoms with Crippen LogP contribution < -0.4 is 9.64 Å². The van der Waals surface area contributed by atoms with E-state index in [1.54, 1.807) is 19.2 Å². The van der Waals surface area contributed by atoms with Crippen molar-refractivity contribution in [2.45, 2.75) is 33.1 Å². The fraction of sp³-hybridized carbons (Fsp3) is 0.588. The Kier molecular flexibility index (Phi) is 5.10. The molecular formula is C17H25NO3. The highest BCUT2D eigenvalue weighted by Crippen LogP contribution is 2.31. The fourth-order valence-corrected chi connectivity index (χ4v) is 3.11. The van der Waals surface area contributed by atoms with Gasteiger partial charge in [0.15, 0.2) is 0 Å². The summed E-state index contributed by atoms with van der Waals surface area (Å²) in [7, 11) is 1.61. The lowest BCUT2D eigenvalue weighted by Crippen LogP contribution is -2.26. The van der Waals surface area contributed by atoms with Crippen LogP contribution >= 0.6 is 0 Å². The largest absolute Gasteiger partial charge is 0.497 e. The highest BCUT2D eigenvalue weighted by Gasteiger charge is 2.23. The van der Waals surface area contributed by atoms with E-state index >= 15 is 0 Å². The van der Waals surface area contributed by atoms with Crippen molar-refractivity contribution in [3.63, 3.8) is 0 Å². The topological polar surface area (TPSA) is 49.8 Å². The molecule has 0 bridgehead atoms. The molecule has 1 unspecified atom stereocenters. The second-order valence-electron chi connectivity index (χ2n) is 6.11. The summed E-state index contributed by atoms with van der Waals surface area (Å²) >= 11 is 0. The molecule has 2 rings (SSSR count). The van der Waals surface area contributed by atoms with E-state index < -0.39 is 5.97 Å². The highest BCUT2D eigenvalue weighted by atomic mass is 16.5. The molecule has 1 saturated heterocycles. The zero-order valence-electron chi connectivity index (χ0n) is 13.1. The molecule has 1 aromatic carbocycles. The van der Waals surface area contributed by atoms with E-state index in [0.29, 0.717) is 17.2 Å². The summed E-state index contributed by atoms with van der Waals surface area (Å²) in [5, 5.41) is 9.40. The number of aromatic carboxylic acids is 1. The van der Waals surface area contributed by atoms with Gasteiger partial charge < -0.3 is 14.7 Å². The fourth-order valence-electron chi connectivity index (χ4n) is 3.11. The first-order chi connectivity index (χ1) is 10.0. The minimum absolute atomic E-state index is 0.360. The van der Waals surface area contributed by atoms with Crippen LogP contribution in [0.3, 0.4) is 0 Å². The Morgan fingerprint density at radius 2 is 2.10 bits per heavy atom. The number of carbonyl (C=O) groups is 1. The molecule has 0 radical (unpaired) electrons. The van der Waals surface area contributed by atoms with Gasteiger partial charge in [0.2, 0.25) is 0 Å². The summed E-state index contributed by atoms with van der Waals surface area (Å²) in [6.45, 7) is 6.37. The van der Waals surface area contributed by atoms with Crippen LogP contribution in [-0.2, 0) is 0 Å². The third-order valence-electron chi connectivity index (χ3n) is 4.49. The Hall–Kier alpha value is -1.71. The molecule has 1 N–H and O–H groups in total. The number of rotatable bonds is 4. The Morgan fingerprint density at radius 3 is 2.71 bits per heavy atom. The Morgan fingerprint density at radius 1 is 1.33 bits per heavy atom. The normalized spacial score (nSPS) is 19.4. The lowest BCUT2D eigenvalue weighted by molar-refractivity contribution is 0.0697. The highest BCUT2D eigenvalue weighted by molar-refractivity contribution is 5.94. The SMILES string of the molecule is COc1ccc(C(=O)O)c(N2CCCC(C(C)C)CC2)c1. The number of nitrogens with zero attached hydrogens (tertiary/aromatic N) is 1. The van der Waals surface area contributed by atoms with Crippen molar-refractivity contribution >= 4 is 11.7 Å². The van der Waals surface area contributed by atoms with Gasteiger partial charge in [-0.25, -0.2) is 4.79 Å². The van der Waals surface area contributed by atoms with Crippen molar-refractivity contribution in [3.05, 3.63) is 23.8 Å². The number of ether oxygens (including phenoxy) is 1. The summed E-state index contributed by atoms with van der Waals surface area (Å²) in [4.78, 5) is 13.7. The van der Waals surface area contributed by atoms with Crippen LogP contribution in [-0.4, -0.2) is 31.3 Å². The minimum atomic E-state index is -0.877. The van der Waals surface area contributed by atoms with Crippen LogP contribution in [0.5, 0.6) is 5.75 Å². The first kappa shape index (κ1) is 15.7. The van der Waals surface area contributed by atoms with Gasteiger partial charge in [0.05, 0.1) is 18.4 Å². The average molecular weight is 291 g/mol. The molecule has 1 aliphatic heterocycles. The van der Waals surface area contributed by atoms with E-state index in [2.05, 4.69) is 18.7 Å². The molecule has 21 heavy (non-hydrogen) atoms. The molecular weight excluding hydrogens is 266 g/mol. The van der Waals surface area contributed by atoms with Gasteiger partial charge in [-0.2, -0.15) is 0 Å². The van der Waals surface area contributed by atoms with Crippen LogP contribution in [0.1, 0.15) is 43.5 Å². The summed E-state index contributed by atoms with van der Waals surface area (Å²) in [6.07, 6.45) is 3.45. The van der Waals surface area contributed by atoms with Crippen LogP contribution in [0, 0.1) is 11.8 Å². The predicted molar refractivity (Wildman–Crippen MR) is 84.3 cm³/mol. The van der Waals surface area contributed by atoms with Gasteiger partial charge in [0, 0.05) is 19.2 Å². The second kappa shape index (κ2) is 6.83. The predicted octanol–water partition coefficient (Wildman–Crippen LogP) is 3.66. The van der Waals surface area contributed by atoms with Crippen molar-refractivity contribution in [1.29, 1.82) is 0 Å². The lowest BCUT2D eigenvalue weighted by atomic mass is 9.89. The maximum absolute atomic E-state index is 11.5. The molecule has 0 spiro atoms. The van der Waals surface area contributed by atoms with E-state index in [0.717, 1.165) is 37.5 Å². The second-order valence-corrected chi connectivity index (χ2v) is 6.11. The van der Waals surface area contributed by atoms with Crippen LogP contribution in [0.15, 0.2) is 18.2 Å². The van der Waals surface area contributed by atoms with Gasteiger partial charge in [-0.1, -0.05) is 13.8 Å². The maximum atomic E-state index is 11.5. The smallest absolute Gasteiger partial charge is 0.337 e. The molecule has 4 heteroatoms. The van der Waals surface area contributed by atoms with Gasteiger partial charge >= 0.3 is 5.97 Å². The van der Waals surface area contributed by atoms with E-state index in [1.165, 1.54) is 6.42 Å². The molecule has 0 amide bonds. The van der Waals surface area contributed by atoms with E-state index in [-0.39, 0.29) is 0 Å². The number of carboxylic acids is 1. The number of hydrogen-bond donors (Lipinski definition) is 1. The molecule has 0 aromatic heterocycles. The van der Waals surface area contributed by atoms with Gasteiger partial charge in [-0.3, -0.25) is 0 Å². The summed E-state index contributed by atoms with van der Waals surface area (Å²) < 4.78 is 5.25. The summed E-state index contributed by atoms with van der Waals surface area (Å²) in [5.41, 5.74) is 1.14. The minimum Gasteiger partial charge on any atom is -0.497 e. The molecule has 116 valence electrons. The number of carboxylic acid groups (broad SMARTS) is 1. The van der Waals surface area contributed by atoms with Crippen LogP contribution in [0.4, 0.5) is 5.69 Å². The zero-order valence-corrected chi connectivity index (χ0v) is 13.1. The standard InChI is InChI=1S/C17H25NO3/c1-12(2)13-5-4-9-18(10-8-13)16-11-14(21-3)6-7-15(16)17(19)20/h6-7,11-13H,4-5,8-10H2,1-3H3,(H,19,20). The van der Waals surface area contributed by atoms with Gasteiger partial charge in [0.1, 0.15) is 5.75 Å². The number of methoxy groups -OCH3 is 1. The third kappa shape index (κ3) is 3.69. The molecule has 1 fully saturated rings. The van der Waals surface area contributed by atoms with Crippen LogP contribution in [0.25, 0.3) is 0 Å². The van der Waals surface area contributed by atoms with Gasteiger partial charge in [0.25, 0.3) is 0 Å². The molecule has 0 aliphatic carbocycles. The number of anilines is 1. The number of benzene rings is 1. The quantitative estimate of drug-likeness (QED) is 0.920. The van der Waals surface area contributed by atoms with Crippen molar-refractivity contribution in [2.24, 2.45) is 11.8 Å². The van der Waals surface area contributed by atoms with Crippen molar-refractivity contribution < 1.29 is 14.6 Å². The number of hydrogen-bond acceptors (Lipinski definition) is 3. The van der Waals surface area contributed by atoms with Crippen molar-refractivity contribution in [3.8, 4) is 5.75 Å². The first-order valence-electron chi connectivity index (χ1n) is 7.69. The van der Waals surface area contributed by atoms with Crippen molar-refractivity contribution in [1.82, 2.24) is 0 Å². The van der Waals surface area contributed by atoms with Gasteiger partial charge in [-0.15, -0.1) is 0 Å². The molecule has 0 saturated carbocycles. The average Bonchev–Trinajstić information content (AvgIpc) is 2.72. The van der Waals surface area contributed by atoms with Gasteiger partial charge in [-0.05, 0) is 43.2 Å². The third-order valence-corrected chi connectivity index (χ3v) is 4.49. The molecule has 1 heterocycles. The molecule has 1 aliphatic rings. The monoisotopic (exact) mass is 291 g/mol. The molecule has 1 atom stereocenters. The van der Waals surface area contributed by atoms with E-state index in [1.807, 2.05) is 6.07 Å². The molecule has 4 nitrogen and oxygen atoms in total. The summed E-state index contributed by atoms with van der Waals surface area (Å²) in [5.74, 6) is 1.25. The van der Waals surface area contributed by atoms with E-state index in [4.69, 9.17) is 4.74 Å². The zero-order chi connectivity index (χ0) is 15.4. The lowest BCUT2D eigenvalue weighted by Gasteiger charge is -2.25. The summed E-state index contributed by atoms with van der Waals surface area (Å²) in [6, 6.07) is 5.20. The van der Waals surface area contributed by atoms with Crippen LogP contribution in [0.2, 0.25) is 0 Å². The first-order valence-corrected chi connectivity index (χ1v) is 7.69. The maximum Gasteiger partial charge on any atom is 0.337 e. The Balaban J connectivity index is 2.25. The van der Waals surface area contributed by atoms with Crippen molar-refractivity contribution in [2.75, 3.05) is 25.1 Å². The van der Waals surface area contributed by atoms with E-state index in [9.17, 15) is 9.90 Å². The molecule has 1 aromatic rings.